The third kappa shape index (κ3) is 4.57. The lowest BCUT2D eigenvalue weighted by atomic mass is 10.1. The van der Waals surface area contributed by atoms with E-state index in [-0.39, 0.29) is 10.8 Å². The summed E-state index contributed by atoms with van der Waals surface area (Å²) in [6.45, 7) is 3.24. The largest absolute Gasteiger partial charge is 0.379 e. The number of hydrogen-bond acceptors (Lipinski definition) is 6. The van der Waals surface area contributed by atoms with Crippen LogP contribution in [-0.4, -0.2) is 55.6 Å². The van der Waals surface area contributed by atoms with Crippen molar-refractivity contribution in [1.29, 1.82) is 0 Å². The van der Waals surface area contributed by atoms with Crippen LogP contribution in [0, 0.1) is 0 Å². The first kappa shape index (κ1) is 19.2. The molecule has 0 radical (unpaired) electrons. The van der Waals surface area contributed by atoms with Gasteiger partial charge in [0.25, 0.3) is 5.91 Å². The molecule has 27 heavy (non-hydrogen) atoms. The van der Waals surface area contributed by atoms with Crippen LogP contribution in [0.2, 0.25) is 0 Å². The maximum atomic E-state index is 12.6. The van der Waals surface area contributed by atoms with Gasteiger partial charge in [-0.2, -0.15) is 9.41 Å². The summed E-state index contributed by atoms with van der Waals surface area (Å²) in [4.78, 5) is 16.1. The molecule has 1 aromatic carbocycles. The molecule has 1 aromatic heterocycles. The van der Waals surface area contributed by atoms with Gasteiger partial charge in [0.1, 0.15) is 0 Å². The molecule has 1 aliphatic heterocycles. The molecule has 142 valence electrons. The Labute approximate surface area is 157 Å². The van der Waals surface area contributed by atoms with Crippen molar-refractivity contribution in [3.8, 4) is 0 Å². The highest BCUT2D eigenvalue weighted by atomic mass is 32.2. The van der Waals surface area contributed by atoms with Gasteiger partial charge in [-0.25, -0.2) is 13.8 Å². The SMILES string of the molecule is C/C(=N\NC(=O)c1cccnc1)c1ccc(S(=O)(=O)N2CCOCC2)cc1. The number of aromatic nitrogens is 1. The van der Waals surface area contributed by atoms with Gasteiger partial charge in [-0.1, -0.05) is 12.1 Å². The molecular formula is C18H20N4O4S. The van der Waals surface area contributed by atoms with E-state index in [2.05, 4.69) is 15.5 Å². The number of carbonyl (C=O) groups is 1. The molecule has 1 saturated heterocycles. The zero-order chi connectivity index (χ0) is 19.3. The Morgan fingerprint density at radius 3 is 2.48 bits per heavy atom. The third-order valence-electron chi connectivity index (χ3n) is 4.13. The van der Waals surface area contributed by atoms with Crippen molar-refractivity contribution in [3.05, 3.63) is 59.9 Å². The number of sulfonamides is 1. The van der Waals surface area contributed by atoms with Crippen molar-refractivity contribution < 1.29 is 17.9 Å². The second kappa shape index (κ2) is 8.38. The highest BCUT2D eigenvalue weighted by molar-refractivity contribution is 7.89. The van der Waals surface area contributed by atoms with E-state index in [0.717, 1.165) is 0 Å². The molecule has 2 heterocycles. The van der Waals surface area contributed by atoms with Crippen LogP contribution >= 0.6 is 0 Å². The molecule has 0 aliphatic carbocycles. The van der Waals surface area contributed by atoms with E-state index < -0.39 is 10.0 Å². The smallest absolute Gasteiger partial charge is 0.272 e. The van der Waals surface area contributed by atoms with E-state index in [9.17, 15) is 13.2 Å². The number of benzene rings is 1. The monoisotopic (exact) mass is 388 g/mol. The summed E-state index contributed by atoms with van der Waals surface area (Å²) >= 11 is 0. The summed E-state index contributed by atoms with van der Waals surface area (Å²) in [5.41, 5.74) is 4.13. The molecule has 0 unspecified atom stereocenters. The van der Waals surface area contributed by atoms with Gasteiger partial charge < -0.3 is 4.74 Å². The Kier molecular flexibility index (Phi) is 5.94. The van der Waals surface area contributed by atoms with Crippen LogP contribution in [0.5, 0.6) is 0 Å². The van der Waals surface area contributed by atoms with Crippen molar-refractivity contribution in [2.75, 3.05) is 26.3 Å². The standard InChI is InChI=1S/C18H20N4O4S/c1-14(20-21-18(23)16-3-2-8-19-13-16)15-4-6-17(7-5-15)27(24,25)22-9-11-26-12-10-22/h2-8,13H,9-12H2,1H3,(H,21,23)/b20-14+. The number of hydrazone groups is 1. The summed E-state index contributed by atoms with van der Waals surface area (Å²) < 4.78 is 31.9. The first-order valence-corrected chi connectivity index (χ1v) is 9.85. The van der Waals surface area contributed by atoms with Crippen molar-refractivity contribution in [3.63, 3.8) is 0 Å². The van der Waals surface area contributed by atoms with Gasteiger partial charge in [0, 0.05) is 25.5 Å². The van der Waals surface area contributed by atoms with E-state index in [1.165, 1.54) is 10.5 Å². The lowest BCUT2D eigenvalue weighted by Gasteiger charge is -2.26. The van der Waals surface area contributed by atoms with Gasteiger partial charge in [-0.3, -0.25) is 9.78 Å². The Morgan fingerprint density at radius 1 is 1.15 bits per heavy atom. The molecule has 1 aliphatic rings. The average Bonchev–Trinajstić information content (AvgIpc) is 2.73. The van der Waals surface area contributed by atoms with Gasteiger partial charge in [-0.15, -0.1) is 0 Å². The molecule has 8 nitrogen and oxygen atoms in total. The van der Waals surface area contributed by atoms with Crippen LogP contribution < -0.4 is 5.43 Å². The van der Waals surface area contributed by atoms with Crippen LogP contribution in [0.1, 0.15) is 22.8 Å². The number of hydrogen-bond donors (Lipinski definition) is 1. The van der Waals surface area contributed by atoms with Crippen LogP contribution in [0.25, 0.3) is 0 Å². The fourth-order valence-corrected chi connectivity index (χ4v) is 3.97. The van der Waals surface area contributed by atoms with Gasteiger partial charge in [0.05, 0.1) is 29.4 Å². The van der Waals surface area contributed by atoms with Crippen molar-refractivity contribution in [2.45, 2.75) is 11.8 Å². The number of carbonyl (C=O) groups excluding carboxylic acids is 1. The number of nitrogens with one attached hydrogen (secondary N) is 1. The lowest BCUT2D eigenvalue weighted by molar-refractivity contribution is 0.0730. The Hall–Kier alpha value is -2.62. The molecule has 1 fully saturated rings. The summed E-state index contributed by atoms with van der Waals surface area (Å²) in [6, 6.07) is 9.73. The van der Waals surface area contributed by atoms with E-state index in [1.807, 2.05) is 0 Å². The molecule has 1 N–H and O–H groups in total. The first-order valence-electron chi connectivity index (χ1n) is 8.41. The second-order valence-corrected chi connectivity index (χ2v) is 7.86. The second-order valence-electron chi connectivity index (χ2n) is 5.92. The molecule has 0 spiro atoms. The molecule has 0 saturated carbocycles. The fraction of sp³-hybridized carbons (Fsp3) is 0.278. The van der Waals surface area contributed by atoms with Crippen LogP contribution in [0.3, 0.4) is 0 Å². The molecule has 0 bridgehead atoms. The number of pyridine rings is 1. The lowest BCUT2D eigenvalue weighted by Crippen LogP contribution is -2.40. The number of morpholine rings is 1. The summed E-state index contributed by atoms with van der Waals surface area (Å²) in [5.74, 6) is -0.367. The third-order valence-corrected chi connectivity index (χ3v) is 6.04. The highest BCUT2D eigenvalue weighted by Gasteiger charge is 2.26. The normalized spacial score (nSPS) is 16.1. The predicted octanol–water partition coefficient (Wildman–Crippen LogP) is 1.26. The molecule has 0 atom stereocenters. The van der Waals surface area contributed by atoms with E-state index in [0.29, 0.717) is 43.1 Å². The maximum Gasteiger partial charge on any atom is 0.272 e. The molecular weight excluding hydrogens is 368 g/mol. The molecule has 3 rings (SSSR count). The zero-order valence-electron chi connectivity index (χ0n) is 14.8. The molecule has 9 heteroatoms. The van der Waals surface area contributed by atoms with Crippen LogP contribution in [0.15, 0.2) is 58.8 Å². The van der Waals surface area contributed by atoms with Gasteiger partial charge in [0.15, 0.2) is 0 Å². The minimum atomic E-state index is -3.53. The van der Waals surface area contributed by atoms with Crippen molar-refractivity contribution in [1.82, 2.24) is 14.7 Å². The fourth-order valence-electron chi connectivity index (χ4n) is 2.56. The topological polar surface area (TPSA) is 101 Å². The van der Waals surface area contributed by atoms with Crippen LogP contribution in [0.4, 0.5) is 0 Å². The van der Waals surface area contributed by atoms with Crippen molar-refractivity contribution in [2.24, 2.45) is 5.10 Å². The molecule has 2 aromatic rings. The van der Waals surface area contributed by atoms with E-state index in [4.69, 9.17) is 4.74 Å². The quantitative estimate of drug-likeness (QED) is 0.614. The van der Waals surface area contributed by atoms with Crippen molar-refractivity contribution >= 4 is 21.6 Å². The minimum absolute atomic E-state index is 0.223. The number of rotatable bonds is 5. The average molecular weight is 388 g/mol. The maximum absolute atomic E-state index is 12.6. The first-order chi connectivity index (χ1) is 13.0. The van der Waals surface area contributed by atoms with Gasteiger partial charge in [-0.05, 0) is 36.8 Å². The number of ether oxygens (including phenoxy) is 1. The molecule has 1 amide bonds. The number of amides is 1. The Bertz CT molecular complexity index is 922. The van der Waals surface area contributed by atoms with Gasteiger partial charge >= 0.3 is 0 Å². The Morgan fingerprint density at radius 2 is 1.85 bits per heavy atom. The van der Waals surface area contributed by atoms with Crippen LogP contribution in [-0.2, 0) is 14.8 Å². The predicted molar refractivity (Wildman–Crippen MR) is 99.9 cm³/mol. The van der Waals surface area contributed by atoms with Gasteiger partial charge in [0.2, 0.25) is 10.0 Å². The van der Waals surface area contributed by atoms with E-state index >= 15 is 0 Å². The summed E-state index contributed by atoms with van der Waals surface area (Å²) in [7, 11) is -3.53. The summed E-state index contributed by atoms with van der Waals surface area (Å²) in [6.07, 6.45) is 3.03. The highest BCUT2D eigenvalue weighted by Crippen LogP contribution is 2.18. The minimum Gasteiger partial charge on any atom is -0.379 e. The zero-order valence-corrected chi connectivity index (χ0v) is 15.6. The number of nitrogens with zero attached hydrogens (tertiary/aromatic N) is 3. The van der Waals surface area contributed by atoms with E-state index in [1.54, 1.807) is 49.5 Å². The Balaban J connectivity index is 1.70. The summed E-state index contributed by atoms with van der Waals surface area (Å²) in [5, 5.41) is 4.07.